The zero-order valence-corrected chi connectivity index (χ0v) is 12.7. The molecule has 2 nitrogen and oxygen atoms in total. The summed E-state index contributed by atoms with van der Waals surface area (Å²) in [7, 11) is 0. The highest BCUT2D eigenvalue weighted by Crippen LogP contribution is 2.33. The molecule has 0 bridgehead atoms. The van der Waals surface area contributed by atoms with E-state index < -0.39 is 0 Å². The third-order valence-corrected chi connectivity index (χ3v) is 6.25. The van der Waals surface area contributed by atoms with Gasteiger partial charge >= 0.3 is 0 Å². The minimum Gasteiger partial charge on any atom is -0.362 e. The smallest absolute Gasteiger partial charge is 0.157 e. The number of aryl methyl sites for hydroxylation is 2. The molecular weight excluding hydrogens is 260 g/mol. The third-order valence-electron chi connectivity index (χ3n) is 4.00. The van der Waals surface area contributed by atoms with Crippen LogP contribution in [0.1, 0.15) is 34.6 Å². The molecular formula is C14H20N2S2. The summed E-state index contributed by atoms with van der Waals surface area (Å²) in [6.45, 7) is 5.21. The van der Waals surface area contributed by atoms with Gasteiger partial charge in [0.15, 0.2) is 5.17 Å². The molecule has 2 fully saturated rings. The van der Waals surface area contributed by atoms with E-state index in [-0.39, 0.29) is 0 Å². The average Bonchev–Trinajstić information content (AvgIpc) is 2.94. The van der Waals surface area contributed by atoms with E-state index in [4.69, 9.17) is 4.99 Å². The second kappa shape index (κ2) is 5.25. The Morgan fingerprint density at radius 3 is 3.06 bits per heavy atom. The molecule has 1 saturated carbocycles. The first-order chi connectivity index (χ1) is 8.72. The molecule has 2 unspecified atom stereocenters. The van der Waals surface area contributed by atoms with E-state index in [2.05, 4.69) is 25.2 Å². The van der Waals surface area contributed by atoms with E-state index >= 15 is 0 Å². The van der Waals surface area contributed by atoms with Crippen LogP contribution in [-0.2, 0) is 6.54 Å². The van der Waals surface area contributed by atoms with Crippen molar-refractivity contribution in [2.75, 3.05) is 5.75 Å². The lowest BCUT2D eigenvalue weighted by molar-refractivity contribution is 0.490. The van der Waals surface area contributed by atoms with Crippen molar-refractivity contribution in [1.82, 2.24) is 5.32 Å². The van der Waals surface area contributed by atoms with Gasteiger partial charge in [-0.2, -0.15) is 0 Å². The zero-order chi connectivity index (χ0) is 12.5. The van der Waals surface area contributed by atoms with Crippen LogP contribution in [0.25, 0.3) is 0 Å². The highest BCUT2D eigenvalue weighted by molar-refractivity contribution is 8.13. The van der Waals surface area contributed by atoms with Crippen LogP contribution in [-0.4, -0.2) is 17.0 Å². The molecule has 98 valence electrons. The van der Waals surface area contributed by atoms with Gasteiger partial charge < -0.3 is 5.32 Å². The molecule has 1 aromatic rings. The number of amidine groups is 1. The highest BCUT2D eigenvalue weighted by atomic mass is 32.2. The van der Waals surface area contributed by atoms with Crippen molar-refractivity contribution >= 4 is 28.3 Å². The van der Waals surface area contributed by atoms with Gasteiger partial charge in [-0.05, 0) is 44.2 Å². The van der Waals surface area contributed by atoms with E-state index in [1.54, 1.807) is 0 Å². The number of nitrogens with one attached hydrogen (secondary N) is 1. The van der Waals surface area contributed by atoms with Crippen molar-refractivity contribution in [3.63, 3.8) is 0 Å². The molecule has 2 aliphatic rings. The fourth-order valence-corrected chi connectivity index (χ4v) is 4.92. The number of hydrogen-bond donors (Lipinski definition) is 1. The lowest BCUT2D eigenvalue weighted by Gasteiger charge is -2.27. The Morgan fingerprint density at radius 1 is 1.39 bits per heavy atom. The molecule has 0 spiro atoms. The summed E-state index contributed by atoms with van der Waals surface area (Å²) in [4.78, 5) is 7.55. The van der Waals surface area contributed by atoms with Crippen molar-refractivity contribution in [1.29, 1.82) is 0 Å². The maximum absolute atomic E-state index is 4.75. The van der Waals surface area contributed by atoms with Gasteiger partial charge in [-0.15, -0.1) is 11.3 Å². The highest BCUT2D eigenvalue weighted by Gasteiger charge is 2.31. The Bertz CT molecular complexity index is 445. The fraction of sp³-hybridized carbons (Fsp3) is 0.643. The van der Waals surface area contributed by atoms with Gasteiger partial charge in [-0.25, -0.2) is 0 Å². The Morgan fingerprint density at radius 2 is 2.28 bits per heavy atom. The van der Waals surface area contributed by atoms with E-state index in [0.29, 0.717) is 6.04 Å². The molecule has 0 aromatic carbocycles. The molecule has 2 heterocycles. The SMILES string of the molecule is Cc1cc(CN=C2NC3CCCC3CS2)sc1C. The normalized spacial score (nSPS) is 29.3. The molecule has 4 heteroatoms. The number of fused-ring (bicyclic) bond motifs is 1. The summed E-state index contributed by atoms with van der Waals surface area (Å²) in [5.41, 5.74) is 1.40. The van der Waals surface area contributed by atoms with Crippen molar-refractivity contribution in [2.24, 2.45) is 10.9 Å². The largest absolute Gasteiger partial charge is 0.362 e. The van der Waals surface area contributed by atoms with Gasteiger partial charge in [-0.3, -0.25) is 4.99 Å². The van der Waals surface area contributed by atoms with Crippen LogP contribution in [0.2, 0.25) is 0 Å². The fourth-order valence-electron chi connectivity index (χ4n) is 2.78. The molecule has 3 rings (SSSR count). The number of thiophene rings is 1. The number of aliphatic imine (C=N–C) groups is 1. The molecule has 1 aliphatic heterocycles. The second-order valence-corrected chi connectivity index (χ2v) is 7.68. The summed E-state index contributed by atoms with van der Waals surface area (Å²) in [5, 5.41) is 4.79. The van der Waals surface area contributed by atoms with Gasteiger partial charge in [-0.1, -0.05) is 18.2 Å². The Kier molecular flexibility index (Phi) is 3.66. The van der Waals surface area contributed by atoms with Crippen LogP contribution in [0.3, 0.4) is 0 Å². The molecule has 0 radical (unpaired) electrons. The van der Waals surface area contributed by atoms with Gasteiger partial charge in [0.2, 0.25) is 0 Å². The molecule has 1 N–H and O–H groups in total. The lowest BCUT2D eigenvalue weighted by atomic mass is 10.1. The predicted octanol–water partition coefficient (Wildman–Crippen LogP) is 3.73. The first-order valence-electron chi connectivity index (χ1n) is 6.72. The minimum atomic E-state index is 0.705. The van der Waals surface area contributed by atoms with Crippen LogP contribution < -0.4 is 5.32 Å². The number of nitrogens with zero attached hydrogens (tertiary/aromatic N) is 1. The molecule has 0 amide bonds. The monoisotopic (exact) mass is 280 g/mol. The number of thioether (sulfide) groups is 1. The minimum absolute atomic E-state index is 0.705. The Balaban J connectivity index is 1.62. The number of rotatable bonds is 2. The molecule has 1 aromatic heterocycles. The van der Waals surface area contributed by atoms with E-state index in [9.17, 15) is 0 Å². The Labute approximate surface area is 117 Å². The van der Waals surface area contributed by atoms with Gasteiger partial charge in [0.1, 0.15) is 0 Å². The van der Waals surface area contributed by atoms with E-state index in [1.807, 2.05) is 23.1 Å². The van der Waals surface area contributed by atoms with Crippen molar-refractivity contribution in [3.05, 3.63) is 21.4 Å². The van der Waals surface area contributed by atoms with Crippen molar-refractivity contribution in [2.45, 2.75) is 45.7 Å². The van der Waals surface area contributed by atoms with Crippen LogP contribution >= 0.6 is 23.1 Å². The first kappa shape index (κ1) is 12.5. The van der Waals surface area contributed by atoms with Crippen molar-refractivity contribution in [3.8, 4) is 0 Å². The molecule has 1 aliphatic carbocycles. The van der Waals surface area contributed by atoms with E-state index in [1.165, 1.54) is 45.5 Å². The van der Waals surface area contributed by atoms with Crippen LogP contribution in [0.4, 0.5) is 0 Å². The van der Waals surface area contributed by atoms with E-state index in [0.717, 1.165) is 12.5 Å². The number of hydrogen-bond acceptors (Lipinski definition) is 3. The summed E-state index contributed by atoms with van der Waals surface area (Å²) < 4.78 is 0. The average molecular weight is 280 g/mol. The van der Waals surface area contributed by atoms with Gasteiger partial charge in [0.25, 0.3) is 0 Å². The summed E-state index contributed by atoms with van der Waals surface area (Å²) >= 11 is 3.79. The second-order valence-electron chi connectivity index (χ2n) is 5.33. The maximum atomic E-state index is 4.75. The van der Waals surface area contributed by atoms with Crippen LogP contribution in [0.15, 0.2) is 11.1 Å². The summed E-state index contributed by atoms with van der Waals surface area (Å²) in [5.74, 6) is 2.15. The van der Waals surface area contributed by atoms with Gasteiger partial charge in [0, 0.05) is 21.5 Å². The standard InChI is InChI=1S/C14H20N2S2/c1-9-6-12(18-10(9)2)7-15-14-16-13-5-3-4-11(13)8-17-14/h6,11,13H,3-5,7-8H2,1-2H3,(H,15,16). The quantitative estimate of drug-likeness (QED) is 0.892. The van der Waals surface area contributed by atoms with Crippen LogP contribution in [0, 0.1) is 19.8 Å². The van der Waals surface area contributed by atoms with Gasteiger partial charge in [0.05, 0.1) is 6.54 Å². The maximum Gasteiger partial charge on any atom is 0.157 e. The third kappa shape index (κ3) is 2.59. The first-order valence-corrected chi connectivity index (χ1v) is 8.52. The predicted molar refractivity (Wildman–Crippen MR) is 81.7 cm³/mol. The summed E-state index contributed by atoms with van der Waals surface area (Å²) in [6, 6.07) is 2.98. The molecule has 2 atom stereocenters. The molecule has 1 saturated heterocycles. The van der Waals surface area contributed by atoms with Crippen LogP contribution in [0.5, 0.6) is 0 Å². The zero-order valence-electron chi connectivity index (χ0n) is 11.0. The molecule has 18 heavy (non-hydrogen) atoms. The van der Waals surface area contributed by atoms with Crippen molar-refractivity contribution < 1.29 is 0 Å². The Hall–Kier alpha value is -0.480. The topological polar surface area (TPSA) is 24.4 Å². The summed E-state index contributed by atoms with van der Waals surface area (Å²) in [6.07, 6.45) is 4.13. The lowest BCUT2D eigenvalue weighted by Crippen LogP contribution is -2.41.